The molecule has 0 aliphatic rings. The molecule has 0 bridgehead atoms. The SMILES string of the molecule is CC(C)[C@H](NC(=O)Cc1cccc2ccccc12)C(=O)OCC(=O)N[C@H](C)C(C)C. The number of rotatable bonds is 9. The van der Waals surface area contributed by atoms with E-state index in [-0.39, 0.29) is 42.7 Å². The molecule has 0 unspecified atom stereocenters. The molecule has 0 fully saturated rings. The van der Waals surface area contributed by atoms with E-state index >= 15 is 0 Å². The van der Waals surface area contributed by atoms with Crippen molar-refractivity contribution in [1.82, 2.24) is 10.6 Å². The van der Waals surface area contributed by atoms with Gasteiger partial charge in [0.05, 0.1) is 6.42 Å². The van der Waals surface area contributed by atoms with Gasteiger partial charge in [-0.3, -0.25) is 9.59 Å². The zero-order chi connectivity index (χ0) is 22.3. The van der Waals surface area contributed by atoms with Crippen molar-refractivity contribution >= 4 is 28.6 Å². The van der Waals surface area contributed by atoms with Crippen molar-refractivity contribution in [1.29, 1.82) is 0 Å². The zero-order valence-corrected chi connectivity index (χ0v) is 18.4. The first-order valence-corrected chi connectivity index (χ1v) is 10.4. The summed E-state index contributed by atoms with van der Waals surface area (Å²) in [5, 5.41) is 7.63. The van der Waals surface area contributed by atoms with Crippen LogP contribution in [0.1, 0.15) is 40.2 Å². The van der Waals surface area contributed by atoms with Gasteiger partial charge in [-0.15, -0.1) is 0 Å². The monoisotopic (exact) mass is 412 g/mol. The molecule has 162 valence electrons. The Labute approximate surface area is 178 Å². The summed E-state index contributed by atoms with van der Waals surface area (Å²) < 4.78 is 5.16. The van der Waals surface area contributed by atoms with Crippen LogP contribution in [0.25, 0.3) is 10.8 Å². The summed E-state index contributed by atoms with van der Waals surface area (Å²) in [6, 6.07) is 12.8. The molecule has 0 aliphatic carbocycles. The number of amides is 2. The van der Waals surface area contributed by atoms with Gasteiger partial charge in [0.25, 0.3) is 5.91 Å². The van der Waals surface area contributed by atoms with Gasteiger partial charge in [0, 0.05) is 6.04 Å². The van der Waals surface area contributed by atoms with Gasteiger partial charge in [-0.05, 0) is 35.1 Å². The van der Waals surface area contributed by atoms with Crippen LogP contribution in [0.2, 0.25) is 0 Å². The molecule has 0 aromatic heterocycles. The van der Waals surface area contributed by atoms with Crippen molar-refractivity contribution in [2.45, 2.75) is 53.1 Å². The Morgan fingerprint density at radius 1 is 0.833 bits per heavy atom. The fraction of sp³-hybridized carbons (Fsp3) is 0.458. The first-order chi connectivity index (χ1) is 14.2. The number of ether oxygens (including phenoxy) is 1. The molecule has 0 aliphatic heterocycles. The summed E-state index contributed by atoms with van der Waals surface area (Å²) in [4.78, 5) is 37.1. The van der Waals surface area contributed by atoms with Crippen LogP contribution in [-0.2, 0) is 25.5 Å². The highest BCUT2D eigenvalue weighted by molar-refractivity contribution is 5.92. The van der Waals surface area contributed by atoms with E-state index < -0.39 is 12.0 Å². The molecular formula is C24H32N2O4. The van der Waals surface area contributed by atoms with Crippen molar-refractivity contribution in [3.63, 3.8) is 0 Å². The zero-order valence-electron chi connectivity index (χ0n) is 18.4. The highest BCUT2D eigenvalue weighted by Gasteiger charge is 2.26. The quantitative estimate of drug-likeness (QED) is 0.620. The Morgan fingerprint density at radius 3 is 2.17 bits per heavy atom. The van der Waals surface area contributed by atoms with Gasteiger partial charge >= 0.3 is 5.97 Å². The van der Waals surface area contributed by atoms with Crippen molar-refractivity contribution in [2.75, 3.05) is 6.61 Å². The van der Waals surface area contributed by atoms with Gasteiger partial charge in [-0.1, -0.05) is 70.2 Å². The predicted molar refractivity (Wildman–Crippen MR) is 118 cm³/mol. The van der Waals surface area contributed by atoms with Crippen molar-refractivity contribution in [3.05, 3.63) is 48.0 Å². The Morgan fingerprint density at radius 2 is 1.50 bits per heavy atom. The molecule has 2 aromatic carbocycles. The van der Waals surface area contributed by atoms with Crippen molar-refractivity contribution in [2.24, 2.45) is 11.8 Å². The van der Waals surface area contributed by atoms with Crippen LogP contribution in [-0.4, -0.2) is 36.5 Å². The van der Waals surface area contributed by atoms with Crippen molar-refractivity contribution in [3.8, 4) is 0 Å². The fourth-order valence-electron chi connectivity index (χ4n) is 3.03. The van der Waals surface area contributed by atoms with Gasteiger partial charge in [0.1, 0.15) is 6.04 Å². The number of hydrogen-bond donors (Lipinski definition) is 2. The minimum absolute atomic E-state index is 0.0162. The Bertz CT molecular complexity index is 886. The van der Waals surface area contributed by atoms with Gasteiger partial charge < -0.3 is 15.4 Å². The molecule has 2 amide bonds. The highest BCUT2D eigenvalue weighted by atomic mass is 16.5. The van der Waals surface area contributed by atoms with Crippen LogP contribution in [0, 0.1) is 11.8 Å². The van der Waals surface area contributed by atoms with E-state index in [4.69, 9.17) is 4.74 Å². The number of nitrogens with one attached hydrogen (secondary N) is 2. The van der Waals surface area contributed by atoms with Crippen LogP contribution in [0.5, 0.6) is 0 Å². The third kappa shape index (κ3) is 6.58. The highest BCUT2D eigenvalue weighted by Crippen LogP contribution is 2.19. The summed E-state index contributed by atoms with van der Waals surface area (Å²) in [6.07, 6.45) is 0.157. The Kier molecular flexibility index (Phi) is 8.39. The lowest BCUT2D eigenvalue weighted by molar-refractivity contribution is -0.153. The molecule has 2 rings (SSSR count). The second kappa shape index (κ2) is 10.8. The number of esters is 1. The second-order valence-electron chi connectivity index (χ2n) is 8.31. The van der Waals surface area contributed by atoms with E-state index in [9.17, 15) is 14.4 Å². The van der Waals surface area contributed by atoms with E-state index in [2.05, 4.69) is 10.6 Å². The lowest BCUT2D eigenvalue weighted by Gasteiger charge is -2.22. The van der Waals surface area contributed by atoms with Gasteiger partial charge in [0.2, 0.25) is 5.91 Å². The molecule has 0 radical (unpaired) electrons. The first kappa shape index (κ1) is 23.4. The molecule has 0 saturated heterocycles. The van der Waals surface area contributed by atoms with E-state index in [0.29, 0.717) is 0 Å². The van der Waals surface area contributed by atoms with Crippen LogP contribution in [0.4, 0.5) is 0 Å². The molecule has 0 saturated carbocycles. The smallest absolute Gasteiger partial charge is 0.329 e. The van der Waals surface area contributed by atoms with Crippen LogP contribution < -0.4 is 10.6 Å². The lowest BCUT2D eigenvalue weighted by Crippen LogP contribution is -2.47. The maximum atomic E-state index is 12.6. The summed E-state index contributed by atoms with van der Waals surface area (Å²) in [7, 11) is 0. The molecule has 2 aromatic rings. The fourth-order valence-corrected chi connectivity index (χ4v) is 3.03. The van der Waals surface area contributed by atoms with E-state index in [0.717, 1.165) is 16.3 Å². The molecule has 0 heterocycles. The van der Waals surface area contributed by atoms with Crippen LogP contribution in [0.15, 0.2) is 42.5 Å². The summed E-state index contributed by atoms with van der Waals surface area (Å²) in [5.41, 5.74) is 0.892. The minimum atomic E-state index is -0.817. The molecule has 2 N–H and O–H groups in total. The summed E-state index contributed by atoms with van der Waals surface area (Å²) in [5.74, 6) is -1.12. The Hall–Kier alpha value is -2.89. The number of carbonyl (C=O) groups excluding carboxylic acids is 3. The third-order valence-corrected chi connectivity index (χ3v) is 5.20. The number of benzene rings is 2. The van der Waals surface area contributed by atoms with E-state index in [1.54, 1.807) is 0 Å². The van der Waals surface area contributed by atoms with E-state index in [1.807, 2.05) is 77.1 Å². The normalized spacial score (nSPS) is 13.2. The Balaban J connectivity index is 1.96. The molecule has 6 heteroatoms. The maximum absolute atomic E-state index is 12.6. The first-order valence-electron chi connectivity index (χ1n) is 10.4. The minimum Gasteiger partial charge on any atom is -0.454 e. The molecule has 2 atom stereocenters. The largest absolute Gasteiger partial charge is 0.454 e. The average molecular weight is 413 g/mol. The van der Waals surface area contributed by atoms with Crippen LogP contribution >= 0.6 is 0 Å². The van der Waals surface area contributed by atoms with Crippen molar-refractivity contribution < 1.29 is 19.1 Å². The topological polar surface area (TPSA) is 84.5 Å². The second-order valence-corrected chi connectivity index (χ2v) is 8.31. The van der Waals surface area contributed by atoms with Gasteiger partial charge in [-0.2, -0.15) is 0 Å². The number of carbonyl (C=O) groups is 3. The summed E-state index contributed by atoms with van der Waals surface area (Å²) in [6.45, 7) is 9.18. The van der Waals surface area contributed by atoms with E-state index in [1.165, 1.54) is 0 Å². The average Bonchev–Trinajstić information content (AvgIpc) is 2.70. The van der Waals surface area contributed by atoms with Gasteiger partial charge in [0.15, 0.2) is 6.61 Å². The maximum Gasteiger partial charge on any atom is 0.329 e. The molecule has 6 nitrogen and oxygen atoms in total. The number of hydrogen-bond acceptors (Lipinski definition) is 4. The summed E-state index contributed by atoms with van der Waals surface area (Å²) >= 11 is 0. The van der Waals surface area contributed by atoms with Crippen LogP contribution in [0.3, 0.4) is 0 Å². The number of fused-ring (bicyclic) bond motifs is 1. The predicted octanol–water partition coefficient (Wildman–Crippen LogP) is 3.23. The lowest BCUT2D eigenvalue weighted by atomic mass is 10.0. The molecule has 0 spiro atoms. The molecular weight excluding hydrogens is 380 g/mol. The standard InChI is InChI=1S/C24H32N2O4/c1-15(2)17(5)25-22(28)14-30-24(29)23(16(3)4)26-21(27)13-19-11-8-10-18-9-6-7-12-20(18)19/h6-12,15-17,23H,13-14H2,1-5H3,(H,25,28)(H,26,27)/t17-,23+/m1/s1. The molecule has 30 heavy (non-hydrogen) atoms. The van der Waals surface area contributed by atoms with Gasteiger partial charge in [-0.25, -0.2) is 4.79 Å². The third-order valence-electron chi connectivity index (χ3n) is 5.20.